The summed E-state index contributed by atoms with van der Waals surface area (Å²) in [7, 11) is 4.80. The molecular weight excluding hydrogens is 256 g/mol. The van der Waals surface area contributed by atoms with Gasteiger partial charge in [-0.3, -0.25) is 0 Å². The van der Waals surface area contributed by atoms with E-state index in [-0.39, 0.29) is 0 Å². The fourth-order valence-electron chi connectivity index (χ4n) is 1.78. The smallest absolute Gasteiger partial charge is 0.164 e. The van der Waals surface area contributed by atoms with E-state index < -0.39 is 5.41 Å². The summed E-state index contributed by atoms with van der Waals surface area (Å²) in [4.78, 5) is 0. The van der Waals surface area contributed by atoms with Crippen LogP contribution in [0.5, 0.6) is 17.2 Å². The van der Waals surface area contributed by atoms with E-state index in [9.17, 15) is 0 Å². The number of hydrogen-bond donors (Lipinski definition) is 1. The number of benzene rings is 1. The number of methoxy groups -OCH3 is 3. The summed E-state index contributed by atoms with van der Waals surface area (Å²) in [5, 5.41) is 12.2. The van der Waals surface area contributed by atoms with Gasteiger partial charge in [0.25, 0.3) is 0 Å². The fourth-order valence-corrected chi connectivity index (χ4v) is 1.78. The lowest BCUT2D eigenvalue weighted by Gasteiger charge is -2.18. The Bertz CT molecular complexity index is 493. The molecule has 1 N–H and O–H groups in total. The molecule has 0 fully saturated rings. The van der Waals surface area contributed by atoms with E-state index in [0.29, 0.717) is 24.6 Å². The Morgan fingerprint density at radius 3 is 2.10 bits per heavy atom. The van der Waals surface area contributed by atoms with Crippen molar-refractivity contribution >= 4 is 0 Å². The van der Waals surface area contributed by atoms with Crippen LogP contribution in [-0.4, -0.2) is 27.9 Å². The Hall–Kier alpha value is -1.93. The van der Waals surface area contributed by atoms with Gasteiger partial charge < -0.3 is 19.5 Å². The van der Waals surface area contributed by atoms with Gasteiger partial charge >= 0.3 is 0 Å². The van der Waals surface area contributed by atoms with Crippen LogP contribution in [0.25, 0.3) is 0 Å². The van der Waals surface area contributed by atoms with Gasteiger partial charge in [-0.15, -0.1) is 0 Å². The highest BCUT2D eigenvalue weighted by Crippen LogP contribution is 2.34. The van der Waals surface area contributed by atoms with Crippen molar-refractivity contribution in [3.8, 4) is 23.3 Å². The van der Waals surface area contributed by atoms with Crippen molar-refractivity contribution in [1.29, 1.82) is 5.26 Å². The van der Waals surface area contributed by atoms with Crippen LogP contribution < -0.4 is 19.5 Å². The normalized spacial score (nSPS) is 10.8. The average molecular weight is 278 g/mol. The van der Waals surface area contributed by atoms with E-state index in [1.807, 2.05) is 19.9 Å². The molecule has 0 spiro atoms. The van der Waals surface area contributed by atoms with Crippen molar-refractivity contribution in [3.05, 3.63) is 17.7 Å². The second kappa shape index (κ2) is 7.01. The van der Waals surface area contributed by atoms with E-state index in [2.05, 4.69) is 11.4 Å². The number of hydrogen-bond acceptors (Lipinski definition) is 5. The third kappa shape index (κ3) is 4.04. The molecule has 0 atom stereocenters. The average Bonchev–Trinajstić information content (AvgIpc) is 2.46. The number of ether oxygens (including phenoxy) is 3. The highest BCUT2D eigenvalue weighted by Gasteiger charge is 2.17. The molecule has 1 aromatic carbocycles. The lowest BCUT2D eigenvalue weighted by molar-refractivity contribution is 0.346. The summed E-state index contributed by atoms with van der Waals surface area (Å²) in [5.41, 5.74) is 0.558. The summed E-state index contributed by atoms with van der Waals surface area (Å²) in [6.07, 6.45) is 0. The van der Waals surface area contributed by atoms with Gasteiger partial charge in [-0.05, 0) is 19.9 Å². The molecule has 0 aliphatic rings. The van der Waals surface area contributed by atoms with Crippen LogP contribution in [-0.2, 0) is 6.54 Å². The molecule has 0 aliphatic heterocycles. The second-order valence-corrected chi connectivity index (χ2v) is 5.12. The maximum Gasteiger partial charge on any atom is 0.164 e. The summed E-state index contributed by atoms with van der Waals surface area (Å²) in [5.74, 6) is 2.01. The van der Waals surface area contributed by atoms with Gasteiger partial charge in [0, 0.05) is 24.7 Å². The Kier molecular flexibility index (Phi) is 5.66. The summed E-state index contributed by atoms with van der Waals surface area (Å²) >= 11 is 0. The monoisotopic (exact) mass is 278 g/mol. The van der Waals surface area contributed by atoms with Gasteiger partial charge in [0.2, 0.25) is 0 Å². The van der Waals surface area contributed by atoms with Crippen molar-refractivity contribution in [2.75, 3.05) is 27.9 Å². The molecule has 20 heavy (non-hydrogen) atoms. The van der Waals surface area contributed by atoms with Gasteiger partial charge in [0.1, 0.15) is 5.75 Å². The van der Waals surface area contributed by atoms with Crippen molar-refractivity contribution in [3.63, 3.8) is 0 Å². The van der Waals surface area contributed by atoms with E-state index in [4.69, 9.17) is 19.5 Å². The summed E-state index contributed by atoms with van der Waals surface area (Å²) in [6, 6.07) is 5.93. The fraction of sp³-hybridized carbons (Fsp3) is 0.533. The molecule has 5 nitrogen and oxygen atoms in total. The molecule has 0 radical (unpaired) electrons. The van der Waals surface area contributed by atoms with Crippen molar-refractivity contribution in [2.45, 2.75) is 20.4 Å². The number of nitrogens with zero attached hydrogens (tertiary/aromatic N) is 1. The molecule has 0 amide bonds. The van der Waals surface area contributed by atoms with Crippen molar-refractivity contribution < 1.29 is 14.2 Å². The minimum absolute atomic E-state index is 0.399. The Labute approximate surface area is 120 Å². The molecule has 0 heterocycles. The van der Waals surface area contributed by atoms with Crippen molar-refractivity contribution in [1.82, 2.24) is 5.32 Å². The Balaban J connectivity index is 2.86. The molecule has 110 valence electrons. The molecular formula is C15H22N2O3. The van der Waals surface area contributed by atoms with Gasteiger partial charge in [-0.1, -0.05) is 0 Å². The van der Waals surface area contributed by atoms with Crippen LogP contribution in [0.15, 0.2) is 12.1 Å². The Morgan fingerprint density at radius 1 is 1.05 bits per heavy atom. The third-order valence-corrected chi connectivity index (χ3v) is 2.97. The molecule has 0 saturated carbocycles. The number of rotatable bonds is 7. The minimum atomic E-state index is -0.399. The van der Waals surface area contributed by atoms with Gasteiger partial charge in [-0.25, -0.2) is 0 Å². The third-order valence-electron chi connectivity index (χ3n) is 2.97. The maximum absolute atomic E-state index is 8.99. The molecule has 1 aromatic rings. The maximum atomic E-state index is 8.99. The van der Waals surface area contributed by atoms with Crippen molar-refractivity contribution in [2.24, 2.45) is 5.41 Å². The minimum Gasteiger partial charge on any atom is -0.496 e. The van der Waals surface area contributed by atoms with Crippen LogP contribution in [0.2, 0.25) is 0 Å². The molecule has 0 aliphatic carbocycles. The van der Waals surface area contributed by atoms with Crippen LogP contribution in [0, 0.1) is 16.7 Å². The molecule has 0 aromatic heterocycles. The van der Waals surface area contributed by atoms with E-state index in [1.54, 1.807) is 27.4 Å². The zero-order chi connectivity index (χ0) is 15.2. The molecule has 0 saturated heterocycles. The first-order chi connectivity index (χ1) is 9.47. The van der Waals surface area contributed by atoms with Crippen LogP contribution in [0.1, 0.15) is 19.4 Å². The predicted molar refractivity (Wildman–Crippen MR) is 77.2 cm³/mol. The zero-order valence-electron chi connectivity index (χ0n) is 12.7. The van der Waals surface area contributed by atoms with Crippen LogP contribution >= 0.6 is 0 Å². The molecule has 5 heteroatoms. The summed E-state index contributed by atoms with van der Waals surface area (Å²) < 4.78 is 15.9. The number of nitriles is 1. The standard InChI is InChI=1S/C15H22N2O3/c1-15(2,9-16)10-17-8-11-6-13(19-4)14(20-5)7-12(11)18-3/h6-7,17H,8,10H2,1-5H3. The quantitative estimate of drug-likeness (QED) is 0.829. The highest BCUT2D eigenvalue weighted by molar-refractivity contribution is 5.50. The molecule has 1 rings (SSSR count). The van der Waals surface area contributed by atoms with E-state index in [1.165, 1.54) is 0 Å². The largest absolute Gasteiger partial charge is 0.496 e. The highest BCUT2D eigenvalue weighted by atomic mass is 16.5. The van der Waals surface area contributed by atoms with Crippen LogP contribution in [0.4, 0.5) is 0 Å². The zero-order valence-corrected chi connectivity index (χ0v) is 12.7. The first-order valence-electron chi connectivity index (χ1n) is 6.38. The first kappa shape index (κ1) is 16.1. The van der Waals surface area contributed by atoms with Gasteiger partial charge in [-0.2, -0.15) is 5.26 Å². The van der Waals surface area contributed by atoms with E-state index in [0.717, 1.165) is 11.3 Å². The van der Waals surface area contributed by atoms with Crippen LogP contribution in [0.3, 0.4) is 0 Å². The number of nitrogens with one attached hydrogen (secondary N) is 1. The topological polar surface area (TPSA) is 63.5 Å². The Morgan fingerprint density at radius 2 is 1.60 bits per heavy atom. The lowest BCUT2D eigenvalue weighted by Crippen LogP contribution is -2.27. The predicted octanol–water partition coefficient (Wildman–Crippen LogP) is 2.35. The summed E-state index contributed by atoms with van der Waals surface area (Å²) in [6.45, 7) is 4.98. The first-order valence-corrected chi connectivity index (χ1v) is 6.38. The van der Waals surface area contributed by atoms with Gasteiger partial charge in [0.05, 0.1) is 32.8 Å². The lowest BCUT2D eigenvalue weighted by atomic mass is 9.96. The van der Waals surface area contributed by atoms with E-state index >= 15 is 0 Å². The second-order valence-electron chi connectivity index (χ2n) is 5.12. The molecule has 0 bridgehead atoms. The molecule has 0 unspecified atom stereocenters. The van der Waals surface area contributed by atoms with Gasteiger partial charge in [0.15, 0.2) is 11.5 Å². The SMILES string of the molecule is COc1cc(OC)c(OC)cc1CNCC(C)(C)C#N.